The van der Waals surface area contributed by atoms with Gasteiger partial charge in [0.2, 0.25) is 0 Å². The lowest BCUT2D eigenvalue weighted by Gasteiger charge is -2.08. The SMILES string of the molecule is CC(C)CCOCc1ccccc1N. The van der Waals surface area contributed by atoms with Crippen molar-refractivity contribution in [2.45, 2.75) is 26.9 Å². The fourth-order valence-electron chi connectivity index (χ4n) is 1.17. The van der Waals surface area contributed by atoms with Crippen molar-refractivity contribution >= 4 is 5.69 Å². The van der Waals surface area contributed by atoms with Gasteiger partial charge in [0.05, 0.1) is 6.61 Å². The molecule has 1 rings (SSSR count). The van der Waals surface area contributed by atoms with Crippen LogP contribution in [0.2, 0.25) is 0 Å². The summed E-state index contributed by atoms with van der Waals surface area (Å²) < 4.78 is 5.53. The van der Waals surface area contributed by atoms with Gasteiger partial charge in [0.15, 0.2) is 0 Å². The number of para-hydroxylation sites is 1. The maximum absolute atomic E-state index is 5.78. The molecule has 0 aliphatic heterocycles. The summed E-state index contributed by atoms with van der Waals surface area (Å²) in [5.41, 5.74) is 7.68. The monoisotopic (exact) mass is 193 g/mol. The number of ether oxygens (including phenoxy) is 1. The van der Waals surface area contributed by atoms with Gasteiger partial charge in [0, 0.05) is 17.9 Å². The van der Waals surface area contributed by atoms with Gasteiger partial charge in [0.25, 0.3) is 0 Å². The highest BCUT2D eigenvalue weighted by molar-refractivity contribution is 5.45. The number of hydrogen-bond donors (Lipinski definition) is 1. The summed E-state index contributed by atoms with van der Waals surface area (Å²) in [6.45, 7) is 5.83. The molecule has 0 spiro atoms. The predicted molar refractivity (Wildman–Crippen MR) is 60.0 cm³/mol. The molecule has 0 aromatic heterocycles. The lowest BCUT2D eigenvalue weighted by Crippen LogP contribution is -2.01. The summed E-state index contributed by atoms with van der Waals surface area (Å²) >= 11 is 0. The average Bonchev–Trinajstić information content (AvgIpc) is 2.15. The summed E-state index contributed by atoms with van der Waals surface area (Å²) in [6.07, 6.45) is 1.10. The average molecular weight is 193 g/mol. The lowest BCUT2D eigenvalue weighted by molar-refractivity contribution is 0.111. The van der Waals surface area contributed by atoms with Gasteiger partial charge in [-0.1, -0.05) is 32.0 Å². The van der Waals surface area contributed by atoms with E-state index in [-0.39, 0.29) is 0 Å². The first-order chi connectivity index (χ1) is 6.70. The van der Waals surface area contributed by atoms with Gasteiger partial charge in [-0.15, -0.1) is 0 Å². The lowest BCUT2D eigenvalue weighted by atomic mass is 10.1. The van der Waals surface area contributed by atoms with Gasteiger partial charge in [-0.05, 0) is 18.4 Å². The predicted octanol–water partition coefficient (Wildman–Crippen LogP) is 2.83. The third-order valence-corrected chi connectivity index (χ3v) is 2.15. The fraction of sp³-hybridized carbons (Fsp3) is 0.500. The third kappa shape index (κ3) is 3.79. The van der Waals surface area contributed by atoms with Crippen LogP contribution in [0, 0.1) is 5.92 Å². The first-order valence-corrected chi connectivity index (χ1v) is 5.11. The van der Waals surface area contributed by atoms with Crippen molar-refractivity contribution in [2.75, 3.05) is 12.3 Å². The Hall–Kier alpha value is -1.02. The molecule has 0 aliphatic carbocycles. The van der Waals surface area contributed by atoms with Crippen LogP contribution in [0.5, 0.6) is 0 Å². The van der Waals surface area contributed by atoms with Gasteiger partial charge >= 0.3 is 0 Å². The molecule has 1 aromatic carbocycles. The Bertz CT molecular complexity index is 271. The zero-order chi connectivity index (χ0) is 10.4. The van der Waals surface area contributed by atoms with E-state index in [1.807, 2.05) is 24.3 Å². The summed E-state index contributed by atoms with van der Waals surface area (Å²) in [7, 11) is 0. The Morgan fingerprint density at radius 1 is 1.29 bits per heavy atom. The van der Waals surface area contributed by atoms with Gasteiger partial charge < -0.3 is 10.5 Å². The molecule has 0 amide bonds. The molecule has 0 aliphatic rings. The minimum atomic E-state index is 0.624. The van der Waals surface area contributed by atoms with Crippen LogP contribution in [0.1, 0.15) is 25.8 Å². The number of nitrogen functional groups attached to an aromatic ring is 1. The molecule has 0 unspecified atom stereocenters. The van der Waals surface area contributed by atoms with E-state index in [4.69, 9.17) is 10.5 Å². The van der Waals surface area contributed by atoms with Crippen molar-refractivity contribution in [3.8, 4) is 0 Å². The molecule has 0 bridgehead atoms. The van der Waals surface area contributed by atoms with Gasteiger partial charge in [-0.3, -0.25) is 0 Å². The van der Waals surface area contributed by atoms with Crippen LogP contribution >= 0.6 is 0 Å². The second-order valence-corrected chi connectivity index (χ2v) is 3.93. The Labute approximate surface area is 86.1 Å². The molecule has 0 saturated heterocycles. The van der Waals surface area contributed by atoms with Crippen LogP contribution in [-0.4, -0.2) is 6.61 Å². The van der Waals surface area contributed by atoms with E-state index < -0.39 is 0 Å². The van der Waals surface area contributed by atoms with Gasteiger partial charge in [-0.25, -0.2) is 0 Å². The molecule has 14 heavy (non-hydrogen) atoms. The number of nitrogens with two attached hydrogens (primary N) is 1. The quantitative estimate of drug-likeness (QED) is 0.576. The molecule has 78 valence electrons. The van der Waals surface area contributed by atoms with Gasteiger partial charge in [-0.2, -0.15) is 0 Å². The zero-order valence-electron chi connectivity index (χ0n) is 8.99. The highest BCUT2D eigenvalue weighted by atomic mass is 16.5. The normalized spacial score (nSPS) is 10.8. The van der Waals surface area contributed by atoms with Crippen LogP contribution in [0.15, 0.2) is 24.3 Å². The highest BCUT2D eigenvalue weighted by Crippen LogP contribution is 2.12. The van der Waals surface area contributed by atoms with Crippen LogP contribution in [0.3, 0.4) is 0 Å². The molecule has 0 fully saturated rings. The Balaban J connectivity index is 2.28. The molecular weight excluding hydrogens is 174 g/mol. The Kier molecular flexibility index (Phi) is 4.47. The Morgan fingerprint density at radius 3 is 2.64 bits per heavy atom. The first kappa shape index (κ1) is 11.1. The van der Waals surface area contributed by atoms with E-state index in [1.54, 1.807) is 0 Å². The van der Waals surface area contributed by atoms with E-state index in [2.05, 4.69) is 13.8 Å². The van der Waals surface area contributed by atoms with E-state index in [1.165, 1.54) is 0 Å². The number of anilines is 1. The minimum absolute atomic E-state index is 0.624. The number of benzene rings is 1. The van der Waals surface area contributed by atoms with E-state index >= 15 is 0 Å². The second kappa shape index (κ2) is 5.66. The minimum Gasteiger partial charge on any atom is -0.398 e. The molecular formula is C12H19NO. The van der Waals surface area contributed by atoms with Crippen molar-refractivity contribution in [1.82, 2.24) is 0 Å². The van der Waals surface area contributed by atoms with Crippen molar-refractivity contribution in [2.24, 2.45) is 5.92 Å². The summed E-state index contributed by atoms with van der Waals surface area (Å²) in [5.74, 6) is 0.697. The van der Waals surface area contributed by atoms with Crippen molar-refractivity contribution < 1.29 is 4.74 Å². The second-order valence-electron chi connectivity index (χ2n) is 3.93. The zero-order valence-corrected chi connectivity index (χ0v) is 8.99. The molecule has 0 radical (unpaired) electrons. The Morgan fingerprint density at radius 2 is 2.00 bits per heavy atom. The summed E-state index contributed by atoms with van der Waals surface area (Å²) in [6, 6.07) is 7.83. The smallest absolute Gasteiger partial charge is 0.0736 e. The van der Waals surface area contributed by atoms with Crippen molar-refractivity contribution in [1.29, 1.82) is 0 Å². The summed E-state index contributed by atoms with van der Waals surface area (Å²) in [4.78, 5) is 0. The van der Waals surface area contributed by atoms with E-state index in [0.29, 0.717) is 12.5 Å². The van der Waals surface area contributed by atoms with Crippen LogP contribution in [0.25, 0.3) is 0 Å². The molecule has 2 heteroatoms. The van der Waals surface area contributed by atoms with Crippen LogP contribution in [-0.2, 0) is 11.3 Å². The number of hydrogen-bond acceptors (Lipinski definition) is 2. The van der Waals surface area contributed by atoms with Crippen LogP contribution in [0.4, 0.5) is 5.69 Å². The van der Waals surface area contributed by atoms with E-state index in [0.717, 1.165) is 24.3 Å². The standard InChI is InChI=1S/C12H19NO/c1-10(2)7-8-14-9-11-5-3-4-6-12(11)13/h3-6,10H,7-9,13H2,1-2H3. The number of rotatable bonds is 5. The molecule has 0 heterocycles. The highest BCUT2D eigenvalue weighted by Gasteiger charge is 1.98. The fourth-order valence-corrected chi connectivity index (χ4v) is 1.17. The van der Waals surface area contributed by atoms with E-state index in [9.17, 15) is 0 Å². The largest absolute Gasteiger partial charge is 0.398 e. The topological polar surface area (TPSA) is 35.2 Å². The first-order valence-electron chi connectivity index (χ1n) is 5.11. The maximum atomic E-state index is 5.78. The third-order valence-electron chi connectivity index (χ3n) is 2.15. The van der Waals surface area contributed by atoms with Gasteiger partial charge in [0.1, 0.15) is 0 Å². The molecule has 2 N–H and O–H groups in total. The molecule has 2 nitrogen and oxygen atoms in total. The molecule has 0 atom stereocenters. The van der Waals surface area contributed by atoms with Crippen LogP contribution < -0.4 is 5.73 Å². The van der Waals surface area contributed by atoms with Crippen molar-refractivity contribution in [3.05, 3.63) is 29.8 Å². The molecule has 1 aromatic rings. The maximum Gasteiger partial charge on any atom is 0.0736 e. The summed E-state index contributed by atoms with van der Waals surface area (Å²) in [5, 5.41) is 0. The molecule has 0 saturated carbocycles. The van der Waals surface area contributed by atoms with Crippen molar-refractivity contribution in [3.63, 3.8) is 0 Å².